The third-order valence-electron chi connectivity index (χ3n) is 2.66. The molecule has 0 aliphatic heterocycles. The first-order valence-electron chi connectivity index (χ1n) is 5.79. The molecule has 1 aromatic carbocycles. The van der Waals surface area contributed by atoms with E-state index in [4.69, 9.17) is 10.7 Å². The molecule has 0 aromatic heterocycles. The number of carbonyl (C=O) groups excluding carboxylic acids is 1. The number of alkyl halides is 3. The minimum absolute atomic E-state index is 0.0288. The van der Waals surface area contributed by atoms with E-state index in [2.05, 4.69) is 0 Å². The maximum Gasteiger partial charge on any atom is 0.390 e. The van der Waals surface area contributed by atoms with Crippen molar-refractivity contribution in [1.29, 1.82) is 0 Å². The van der Waals surface area contributed by atoms with Crippen molar-refractivity contribution >= 4 is 25.6 Å². The number of carbonyl (C=O) groups is 1. The normalized spacial score (nSPS) is 12.3. The van der Waals surface area contributed by atoms with Gasteiger partial charge in [-0.3, -0.25) is 4.79 Å². The van der Waals surface area contributed by atoms with Crippen molar-refractivity contribution in [3.8, 4) is 0 Å². The van der Waals surface area contributed by atoms with E-state index >= 15 is 0 Å². The van der Waals surface area contributed by atoms with Gasteiger partial charge in [0, 0.05) is 29.8 Å². The molecule has 0 unspecified atom stereocenters. The third-order valence-corrected chi connectivity index (χ3v) is 3.99. The van der Waals surface area contributed by atoms with E-state index in [9.17, 15) is 26.4 Å². The maximum absolute atomic E-state index is 12.1. The number of nitrogens with zero attached hydrogens (tertiary/aromatic N) is 1. The summed E-state index contributed by atoms with van der Waals surface area (Å²) in [6.07, 6.45) is -5.51. The number of hydrogen-bond donors (Lipinski definition) is 0. The molecule has 9 heteroatoms. The van der Waals surface area contributed by atoms with Crippen LogP contribution in [0.3, 0.4) is 0 Å². The van der Waals surface area contributed by atoms with E-state index in [1.54, 1.807) is 6.92 Å². The highest BCUT2D eigenvalue weighted by Gasteiger charge is 2.28. The first-order chi connectivity index (χ1) is 9.40. The first kappa shape index (κ1) is 17.8. The molecule has 1 aromatic rings. The van der Waals surface area contributed by atoms with Crippen LogP contribution in [0.4, 0.5) is 13.2 Å². The third kappa shape index (κ3) is 5.55. The summed E-state index contributed by atoms with van der Waals surface area (Å²) in [5.74, 6) is -0.704. The average molecular weight is 344 g/mol. The van der Waals surface area contributed by atoms with Gasteiger partial charge in [0.15, 0.2) is 0 Å². The summed E-state index contributed by atoms with van der Waals surface area (Å²) in [5, 5.41) is 0. The lowest BCUT2D eigenvalue weighted by Gasteiger charge is -2.18. The van der Waals surface area contributed by atoms with Gasteiger partial charge in [0.2, 0.25) is 0 Å². The Labute approximate surface area is 124 Å². The summed E-state index contributed by atoms with van der Waals surface area (Å²) < 4.78 is 59.0. The molecule has 1 amide bonds. The second-order valence-corrected chi connectivity index (χ2v) is 7.13. The SMILES string of the molecule is Cc1cc(C(=O)N(C)CCC(F)(F)F)cc(S(=O)(=O)Cl)c1. The molecule has 0 saturated carbocycles. The molecule has 0 atom stereocenters. The summed E-state index contributed by atoms with van der Waals surface area (Å²) in [7, 11) is 2.40. The lowest BCUT2D eigenvalue weighted by atomic mass is 10.1. The van der Waals surface area contributed by atoms with Crippen LogP contribution < -0.4 is 0 Å². The molecule has 0 N–H and O–H groups in total. The van der Waals surface area contributed by atoms with E-state index in [1.165, 1.54) is 19.2 Å². The molecule has 1 rings (SSSR count). The summed E-state index contributed by atoms with van der Waals surface area (Å²) in [6.45, 7) is 1.04. The van der Waals surface area contributed by atoms with Crippen molar-refractivity contribution in [1.82, 2.24) is 4.90 Å². The van der Waals surface area contributed by atoms with E-state index in [1.807, 2.05) is 0 Å². The van der Waals surface area contributed by atoms with Gasteiger partial charge in [-0.15, -0.1) is 0 Å². The molecule has 0 spiro atoms. The Balaban J connectivity index is 3.00. The van der Waals surface area contributed by atoms with Gasteiger partial charge in [-0.05, 0) is 30.7 Å². The molecule has 0 radical (unpaired) electrons. The van der Waals surface area contributed by atoms with Crippen LogP contribution >= 0.6 is 10.7 Å². The summed E-state index contributed by atoms with van der Waals surface area (Å²) in [6, 6.07) is 3.70. The fraction of sp³-hybridized carbons (Fsp3) is 0.417. The van der Waals surface area contributed by atoms with Gasteiger partial charge in [-0.2, -0.15) is 13.2 Å². The van der Waals surface area contributed by atoms with E-state index in [0.717, 1.165) is 11.0 Å². The Hall–Kier alpha value is -1.28. The van der Waals surface area contributed by atoms with Crippen LogP contribution in [-0.2, 0) is 9.05 Å². The van der Waals surface area contributed by atoms with Gasteiger partial charge in [0.1, 0.15) is 0 Å². The molecule has 0 aliphatic carbocycles. The number of hydrogen-bond acceptors (Lipinski definition) is 3. The lowest BCUT2D eigenvalue weighted by Crippen LogP contribution is -2.30. The van der Waals surface area contributed by atoms with Crippen LogP contribution in [0.1, 0.15) is 22.3 Å². The minimum atomic E-state index is -4.37. The fourth-order valence-electron chi connectivity index (χ4n) is 1.63. The topological polar surface area (TPSA) is 54.5 Å². The molecule has 4 nitrogen and oxygen atoms in total. The minimum Gasteiger partial charge on any atom is -0.341 e. The summed E-state index contributed by atoms with van der Waals surface area (Å²) in [5.41, 5.74) is 0.434. The second-order valence-electron chi connectivity index (χ2n) is 4.56. The Morgan fingerprint density at radius 3 is 2.33 bits per heavy atom. The number of aryl methyl sites for hydroxylation is 1. The van der Waals surface area contributed by atoms with Crippen LogP contribution in [0.25, 0.3) is 0 Å². The molecular formula is C12H13ClF3NO3S. The van der Waals surface area contributed by atoms with Crippen LogP contribution in [0.2, 0.25) is 0 Å². The van der Waals surface area contributed by atoms with Crippen molar-refractivity contribution in [2.75, 3.05) is 13.6 Å². The van der Waals surface area contributed by atoms with Crippen molar-refractivity contribution in [2.45, 2.75) is 24.4 Å². The largest absolute Gasteiger partial charge is 0.390 e. The number of amides is 1. The van der Waals surface area contributed by atoms with Gasteiger partial charge in [0.05, 0.1) is 11.3 Å². The van der Waals surface area contributed by atoms with Gasteiger partial charge in [-0.25, -0.2) is 8.42 Å². The van der Waals surface area contributed by atoms with Gasteiger partial charge in [-0.1, -0.05) is 0 Å². The van der Waals surface area contributed by atoms with Crippen molar-refractivity contribution in [3.63, 3.8) is 0 Å². The van der Waals surface area contributed by atoms with Crippen LogP contribution in [-0.4, -0.2) is 39.0 Å². The average Bonchev–Trinajstić information content (AvgIpc) is 2.32. The molecule has 118 valence electrons. The van der Waals surface area contributed by atoms with Crippen LogP contribution in [0.5, 0.6) is 0 Å². The fourth-order valence-corrected chi connectivity index (χ4v) is 2.49. The quantitative estimate of drug-likeness (QED) is 0.790. The molecule has 21 heavy (non-hydrogen) atoms. The zero-order valence-electron chi connectivity index (χ0n) is 11.2. The number of halogens is 4. The highest BCUT2D eigenvalue weighted by molar-refractivity contribution is 8.13. The van der Waals surface area contributed by atoms with Crippen LogP contribution in [0.15, 0.2) is 23.1 Å². The summed E-state index contributed by atoms with van der Waals surface area (Å²) in [4.78, 5) is 12.6. The second kappa shape index (κ2) is 6.23. The van der Waals surface area contributed by atoms with Crippen molar-refractivity contribution in [2.24, 2.45) is 0 Å². The highest BCUT2D eigenvalue weighted by atomic mass is 35.7. The molecule has 0 saturated heterocycles. The van der Waals surface area contributed by atoms with Gasteiger partial charge >= 0.3 is 6.18 Å². The van der Waals surface area contributed by atoms with Crippen molar-refractivity contribution < 1.29 is 26.4 Å². The molecule has 0 fully saturated rings. The first-order valence-corrected chi connectivity index (χ1v) is 8.09. The predicted octanol–water partition coefficient (Wildman–Crippen LogP) is 2.95. The van der Waals surface area contributed by atoms with Gasteiger partial charge < -0.3 is 4.90 Å². The highest BCUT2D eigenvalue weighted by Crippen LogP contribution is 2.22. The predicted molar refractivity (Wildman–Crippen MR) is 71.9 cm³/mol. The molecule has 0 aliphatic rings. The maximum atomic E-state index is 12.1. The van der Waals surface area contributed by atoms with Crippen LogP contribution in [0, 0.1) is 6.92 Å². The number of benzene rings is 1. The van der Waals surface area contributed by atoms with E-state index < -0.39 is 34.1 Å². The van der Waals surface area contributed by atoms with E-state index in [-0.39, 0.29) is 10.5 Å². The van der Waals surface area contributed by atoms with Crippen molar-refractivity contribution in [3.05, 3.63) is 29.3 Å². The zero-order chi connectivity index (χ0) is 16.4. The molecule has 0 bridgehead atoms. The Bertz CT molecular complexity index is 644. The smallest absolute Gasteiger partial charge is 0.341 e. The standard InChI is InChI=1S/C12H13ClF3NO3S/c1-8-5-9(7-10(6-8)21(13,19)20)11(18)17(2)4-3-12(14,15)16/h5-7H,3-4H2,1-2H3. The van der Waals surface area contributed by atoms with Gasteiger partial charge in [0.25, 0.3) is 15.0 Å². The zero-order valence-corrected chi connectivity index (χ0v) is 12.8. The van der Waals surface area contributed by atoms with E-state index in [0.29, 0.717) is 5.56 Å². The Morgan fingerprint density at radius 1 is 1.29 bits per heavy atom. The monoisotopic (exact) mass is 343 g/mol. The number of rotatable bonds is 4. The summed E-state index contributed by atoms with van der Waals surface area (Å²) >= 11 is 0. The molecular weight excluding hydrogens is 331 g/mol. The molecule has 0 heterocycles. The lowest BCUT2D eigenvalue weighted by molar-refractivity contribution is -0.136. The Morgan fingerprint density at radius 2 is 1.86 bits per heavy atom. The Kier molecular flexibility index (Phi) is 5.27.